The number of hydrogen-bond donors (Lipinski definition) is 2. The Morgan fingerprint density at radius 2 is 1.60 bits per heavy atom. The van der Waals surface area contributed by atoms with Gasteiger partial charge in [0.25, 0.3) is 0 Å². The number of hydrogen-bond acceptors (Lipinski definition) is 2. The Balaban J connectivity index is 2.09. The van der Waals surface area contributed by atoms with Crippen LogP contribution in [0.3, 0.4) is 0 Å². The molecule has 0 fully saturated rings. The third kappa shape index (κ3) is 3.18. The average molecular weight is 269 g/mol. The summed E-state index contributed by atoms with van der Waals surface area (Å²) in [5.74, 6) is -0.901. The van der Waals surface area contributed by atoms with Gasteiger partial charge in [-0.2, -0.15) is 0 Å². The number of rotatable bonds is 4. The lowest BCUT2D eigenvalue weighted by atomic mass is 10.0. The van der Waals surface area contributed by atoms with Gasteiger partial charge >= 0.3 is 5.97 Å². The molecule has 0 saturated heterocycles. The smallest absolute Gasteiger partial charge is 0.335 e. The van der Waals surface area contributed by atoms with E-state index in [2.05, 4.69) is 38.2 Å². The number of aromatic carboxylic acids is 1. The van der Waals surface area contributed by atoms with Crippen LogP contribution in [-0.4, -0.2) is 11.1 Å². The summed E-state index contributed by atoms with van der Waals surface area (Å²) < 4.78 is 0. The van der Waals surface area contributed by atoms with Gasteiger partial charge in [0.1, 0.15) is 0 Å². The summed E-state index contributed by atoms with van der Waals surface area (Å²) >= 11 is 0. The summed E-state index contributed by atoms with van der Waals surface area (Å²) in [6, 6.07) is 11.2. The number of carboxylic acid groups (broad SMARTS) is 1. The maximum atomic E-state index is 10.8. The molecule has 0 saturated carbocycles. The van der Waals surface area contributed by atoms with Crippen LogP contribution in [0.1, 0.15) is 32.6 Å². The molecule has 2 aromatic carbocycles. The Labute approximate surface area is 119 Å². The van der Waals surface area contributed by atoms with E-state index in [0.717, 1.165) is 12.2 Å². The zero-order valence-electron chi connectivity index (χ0n) is 12.0. The molecule has 3 nitrogen and oxygen atoms in total. The second-order valence-corrected chi connectivity index (χ2v) is 5.10. The van der Waals surface area contributed by atoms with E-state index in [0.29, 0.717) is 5.56 Å². The van der Waals surface area contributed by atoms with Crippen LogP contribution in [0.5, 0.6) is 0 Å². The van der Waals surface area contributed by atoms with Gasteiger partial charge in [0, 0.05) is 12.2 Å². The van der Waals surface area contributed by atoms with E-state index in [1.165, 1.54) is 22.3 Å². The highest BCUT2D eigenvalue weighted by atomic mass is 16.4. The highest BCUT2D eigenvalue weighted by Gasteiger charge is 2.04. The summed E-state index contributed by atoms with van der Waals surface area (Å²) in [5.41, 5.74) is 6.34. The molecule has 0 bridgehead atoms. The van der Waals surface area contributed by atoms with E-state index in [4.69, 9.17) is 5.11 Å². The van der Waals surface area contributed by atoms with Gasteiger partial charge in [-0.3, -0.25) is 0 Å². The van der Waals surface area contributed by atoms with Crippen LogP contribution in [0.2, 0.25) is 0 Å². The second-order valence-electron chi connectivity index (χ2n) is 5.10. The minimum absolute atomic E-state index is 0.304. The predicted octanol–water partition coefficient (Wildman–Crippen LogP) is 3.92. The van der Waals surface area contributed by atoms with Crippen LogP contribution in [0, 0.1) is 20.8 Å². The van der Waals surface area contributed by atoms with Gasteiger partial charge in [-0.1, -0.05) is 12.1 Å². The van der Waals surface area contributed by atoms with Crippen LogP contribution < -0.4 is 5.32 Å². The number of benzene rings is 2. The van der Waals surface area contributed by atoms with Gasteiger partial charge in [-0.15, -0.1) is 0 Å². The first-order valence-corrected chi connectivity index (χ1v) is 6.61. The topological polar surface area (TPSA) is 49.3 Å². The normalized spacial score (nSPS) is 10.3. The van der Waals surface area contributed by atoms with Crippen molar-refractivity contribution in [1.82, 2.24) is 0 Å². The van der Waals surface area contributed by atoms with Crippen molar-refractivity contribution in [2.24, 2.45) is 0 Å². The van der Waals surface area contributed by atoms with Gasteiger partial charge in [-0.05, 0) is 67.3 Å². The van der Waals surface area contributed by atoms with Crippen LogP contribution in [0.25, 0.3) is 0 Å². The van der Waals surface area contributed by atoms with Crippen molar-refractivity contribution in [3.05, 3.63) is 64.2 Å². The van der Waals surface area contributed by atoms with E-state index in [9.17, 15) is 4.79 Å². The maximum Gasteiger partial charge on any atom is 0.335 e. The molecule has 2 N–H and O–H groups in total. The van der Waals surface area contributed by atoms with Crippen molar-refractivity contribution in [3.63, 3.8) is 0 Å². The summed E-state index contributed by atoms with van der Waals surface area (Å²) in [7, 11) is 0. The summed E-state index contributed by atoms with van der Waals surface area (Å²) in [5, 5.41) is 12.2. The third-order valence-corrected chi connectivity index (χ3v) is 3.57. The highest BCUT2D eigenvalue weighted by Crippen LogP contribution is 2.17. The molecule has 104 valence electrons. The fourth-order valence-electron chi connectivity index (χ4n) is 2.14. The lowest BCUT2D eigenvalue weighted by molar-refractivity contribution is 0.0697. The molecule has 0 aromatic heterocycles. The maximum absolute atomic E-state index is 10.8. The van der Waals surface area contributed by atoms with Crippen LogP contribution >= 0.6 is 0 Å². The molecule has 0 aliphatic carbocycles. The lowest BCUT2D eigenvalue weighted by Gasteiger charge is -2.12. The Morgan fingerprint density at radius 1 is 1.00 bits per heavy atom. The molecule has 0 heterocycles. The Morgan fingerprint density at radius 3 is 2.20 bits per heavy atom. The van der Waals surface area contributed by atoms with Crippen molar-refractivity contribution in [1.29, 1.82) is 0 Å². The number of carboxylic acids is 1. The monoisotopic (exact) mass is 269 g/mol. The van der Waals surface area contributed by atoms with Gasteiger partial charge < -0.3 is 10.4 Å². The van der Waals surface area contributed by atoms with Crippen LogP contribution in [0.4, 0.5) is 5.69 Å². The predicted molar refractivity (Wildman–Crippen MR) is 81.4 cm³/mol. The number of carbonyl (C=O) groups is 1. The fraction of sp³-hybridized carbons (Fsp3) is 0.235. The van der Waals surface area contributed by atoms with E-state index in [1.807, 2.05) is 0 Å². The molecular formula is C17H19NO2. The molecule has 2 aromatic rings. The van der Waals surface area contributed by atoms with E-state index >= 15 is 0 Å². The first-order valence-electron chi connectivity index (χ1n) is 6.61. The quantitative estimate of drug-likeness (QED) is 0.884. The zero-order valence-corrected chi connectivity index (χ0v) is 12.0. The Hall–Kier alpha value is -2.29. The van der Waals surface area contributed by atoms with Crippen LogP contribution in [0.15, 0.2) is 36.4 Å². The first kappa shape index (κ1) is 14.1. The Kier molecular flexibility index (Phi) is 4.08. The van der Waals surface area contributed by atoms with E-state index in [1.54, 1.807) is 24.3 Å². The standard InChI is InChI=1S/C17H19NO2/c1-11-8-13(3)15(9-12(11)2)10-18-16-6-4-14(5-7-16)17(19)20/h4-9,18H,10H2,1-3H3,(H,19,20). The fourth-order valence-corrected chi connectivity index (χ4v) is 2.14. The average Bonchev–Trinajstić information content (AvgIpc) is 2.42. The second kappa shape index (κ2) is 5.78. The minimum Gasteiger partial charge on any atom is -0.478 e. The molecule has 0 atom stereocenters. The van der Waals surface area contributed by atoms with Crippen molar-refractivity contribution in [2.45, 2.75) is 27.3 Å². The van der Waals surface area contributed by atoms with E-state index in [-0.39, 0.29) is 0 Å². The summed E-state index contributed by atoms with van der Waals surface area (Å²) in [6.45, 7) is 7.07. The molecule has 0 aliphatic heterocycles. The van der Waals surface area contributed by atoms with Gasteiger partial charge in [0.05, 0.1) is 5.56 Å². The molecule has 0 spiro atoms. The molecular weight excluding hydrogens is 250 g/mol. The van der Waals surface area contributed by atoms with Gasteiger partial charge in [-0.25, -0.2) is 4.79 Å². The number of aryl methyl sites for hydroxylation is 3. The lowest BCUT2D eigenvalue weighted by Crippen LogP contribution is -2.03. The summed E-state index contributed by atoms with van der Waals surface area (Å²) in [4.78, 5) is 10.8. The largest absolute Gasteiger partial charge is 0.478 e. The molecule has 0 aliphatic rings. The summed E-state index contributed by atoms with van der Waals surface area (Å²) in [6.07, 6.45) is 0. The van der Waals surface area contributed by atoms with E-state index < -0.39 is 5.97 Å². The first-order chi connectivity index (χ1) is 9.47. The van der Waals surface area contributed by atoms with Gasteiger partial charge in [0.2, 0.25) is 0 Å². The highest BCUT2D eigenvalue weighted by molar-refractivity contribution is 5.87. The molecule has 3 heteroatoms. The van der Waals surface area contributed by atoms with Crippen molar-refractivity contribution in [3.8, 4) is 0 Å². The zero-order chi connectivity index (χ0) is 14.7. The minimum atomic E-state index is -0.901. The van der Waals surface area contributed by atoms with Crippen LogP contribution in [-0.2, 0) is 6.54 Å². The van der Waals surface area contributed by atoms with Crippen molar-refractivity contribution in [2.75, 3.05) is 5.32 Å². The molecule has 0 unspecified atom stereocenters. The molecule has 0 amide bonds. The number of anilines is 1. The number of nitrogens with one attached hydrogen (secondary N) is 1. The molecule has 20 heavy (non-hydrogen) atoms. The molecule has 0 radical (unpaired) electrons. The SMILES string of the molecule is Cc1cc(C)c(CNc2ccc(C(=O)O)cc2)cc1C. The van der Waals surface area contributed by atoms with Gasteiger partial charge in [0.15, 0.2) is 0 Å². The Bertz CT molecular complexity index is 630. The molecule has 2 rings (SSSR count). The van der Waals surface area contributed by atoms with Crippen molar-refractivity contribution < 1.29 is 9.90 Å². The van der Waals surface area contributed by atoms with Crippen molar-refractivity contribution >= 4 is 11.7 Å². The third-order valence-electron chi connectivity index (χ3n) is 3.57.